The minimum absolute atomic E-state index is 0.131. The summed E-state index contributed by atoms with van der Waals surface area (Å²) < 4.78 is 0. The molecule has 1 amide bonds. The molecule has 0 saturated carbocycles. The van der Waals surface area contributed by atoms with E-state index in [1.54, 1.807) is 24.5 Å². The lowest BCUT2D eigenvalue weighted by Crippen LogP contribution is -2.24. The Hall–Kier alpha value is -2.18. The Kier molecular flexibility index (Phi) is 4.27. The number of nitrogens with two attached hydrogens (primary N) is 1. The first-order valence-corrected chi connectivity index (χ1v) is 5.89. The number of hydrogen-bond donors (Lipinski definition) is 3. The van der Waals surface area contributed by atoms with Crippen LogP contribution < -0.4 is 16.6 Å². The first-order valence-electron chi connectivity index (χ1n) is 5.51. The van der Waals surface area contributed by atoms with Gasteiger partial charge in [0, 0.05) is 18.9 Å². The topological polar surface area (TPSA) is 92.9 Å². The molecule has 0 aliphatic heterocycles. The largest absolute Gasteiger partial charge is 0.347 e. The van der Waals surface area contributed by atoms with Crippen LogP contribution >= 0.6 is 11.6 Å². The van der Waals surface area contributed by atoms with Gasteiger partial charge in [0.05, 0.1) is 5.02 Å². The van der Waals surface area contributed by atoms with E-state index in [1.165, 1.54) is 0 Å². The van der Waals surface area contributed by atoms with E-state index in [0.29, 0.717) is 12.4 Å². The van der Waals surface area contributed by atoms with E-state index in [-0.39, 0.29) is 16.6 Å². The van der Waals surface area contributed by atoms with Crippen molar-refractivity contribution in [2.45, 2.75) is 6.54 Å². The molecular formula is C12H12ClN5O. The maximum absolute atomic E-state index is 12.0. The highest BCUT2D eigenvalue weighted by Crippen LogP contribution is 2.16. The SMILES string of the molecule is NNc1ccc(Cl)c(C(=O)NCc2ccncc2)n1. The van der Waals surface area contributed by atoms with Crippen molar-refractivity contribution in [1.29, 1.82) is 0 Å². The van der Waals surface area contributed by atoms with Crippen LogP contribution in [0.1, 0.15) is 16.1 Å². The average Bonchev–Trinajstić information content (AvgIpc) is 2.46. The number of nitrogens with zero attached hydrogens (tertiary/aromatic N) is 2. The molecule has 0 bridgehead atoms. The third-order valence-electron chi connectivity index (χ3n) is 2.41. The summed E-state index contributed by atoms with van der Waals surface area (Å²) in [6.07, 6.45) is 3.32. The first kappa shape index (κ1) is 13.3. The molecule has 0 spiro atoms. The number of aromatic nitrogens is 2. The monoisotopic (exact) mass is 277 g/mol. The van der Waals surface area contributed by atoms with Crippen LogP contribution in [0, 0.1) is 0 Å². The zero-order valence-electron chi connectivity index (χ0n) is 9.93. The van der Waals surface area contributed by atoms with Gasteiger partial charge in [0.25, 0.3) is 5.91 Å². The Morgan fingerprint density at radius 2 is 2.00 bits per heavy atom. The molecule has 7 heteroatoms. The Labute approximate surface area is 115 Å². The fraction of sp³-hybridized carbons (Fsp3) is 0.0833. The van der Waals surface area contributed by atoms with Crippen molar-refractivity contribution in [2.75, 3.05) is 5.43 Å². The van der Waals surface area contributed by atoms with E-state index >= 15 is 0 Å². The van der Waals surface area contributed by atoms with Crippen molar-refractivity contribution in [3.8, 4) is 0 Å². The second kappa shape index (κ2) is 6.12. The molecule has 4 N–H and O–H groups in total. The number of nitrogen functional groups attached to an aromatic ring is 1. The molecule has 2 rings (SSSR count). The van der Waals surface area contributed by atoms with Crippen molar-refractivity contribution in [1.82, 2.24) is 15.3 Å². The van der Waals surface area contributed by atoms with Gasteiger partial charge >= 0.3 is 0 Å². The highest BCUT2D eigenvalue weighted by atomic mass is 35.5. The van der Waals surface area contributed by atoms with Crippen molar-refractivity contribution in [2.24, 2.45) is 5.84 Å². The first-order chi connectivity index (χ1) is 9.20. The fourth-order valence-corrected chi connectivity index (χ4v) is 1.64. The summed E-state index contributed by atoms with van der Waals surface area (Å²) >= 11 is 5.93. The Morgan fingerprint density at radius 1 is 1.26 bits per heavy atom. The van der Waals surface area contributed by atoms with Gasteiger partial charge < -0.3 is 10.7 Å². The molecule has 0 fully saturated rings. The quantitative estimate of drug-likeness (QED) is 0.579. The van der Waals surface area contributed by atoms with Crippen LogP contribution in [0.15, 0.2) is 36.7 Å². The summed E-state index contributed by atoms with van der Waals surface area (Å²) in [7, 11) is 0. The molecule has 6 nitrogen and oxygen atoms in total. The van der Waals surface area contributed by atoms with E-state index in [0.717, 1.165) is 5.56 Å². The number of amides is 1. The van der Waals surface area contributed by atoms with Crippen molar-refractivity contribution in [3.05, 3.63) is 52.9 Å². The Balaban J connectivity index is 2.08. The van der Waals surface area contributed by atoms with Gasteiger partial charge in [-0.25, -0.2) is 10.8 Å². The number of carbonyl (C=O) groups excluding carboxylic acids is 1. The number of pyridine rings is 2. The smallest absolute Gasteiger partial charge is 0.271 e. The van der Waals surface area contributed by atoms with Crippen LogP contribution in [0.3, 0.4) is 0 Å². The number of nitrogens with one attached hydrogen (secondary N) is 2. The molecule has 19 heavy (non-hydrogen) atoms. The molecule has 0 aliphatic carbocycles. The van der Waals surface area contributed by atoms with Crippen molar-refractivity contribution >= 4 is 23.3 Å². The van der Waals surface area contributed by atoms with Crippen LogP contribution in [0.2, 0.25) is 5.02 Å². The predicted molar refractivity (Wildman–Crippen MR) is 72.5 cm³/mol. The van der Waals surface area contributed by atoms with Crippen LogP contribution in [-0.4, -0.2) is 15.9 Å². The molecular weight excluding hydrogens is 266 g/mol. The average molecular weight is 278 g/mol. The number of anilines is 1. The molecule has 0 atom stereocenters. The second-order valence-corrected chi connectivity index (χ2v) is 4.12. The molecule has 0 aliphatic rings. The zero-order valence-corrected chi connectivity index (χ0v) is 10.7. The van der Waals surface area contributed by atoms with Crippen LogP contribution in [0.25, 0.3) is 0 Å². The van der Waals surface area contributed by atoms with E-state index in [2.05, 4.69) is 20.7 Å². The van der Waals surface area contributed by atoms with Gasteiger partial charge in [-0.2, -0.15) is 0 Å². The standard InChI is InChI=1S/C12H12ClN5O/c13-9-1-2-10(18-14)17-11(9)12(19)16-7-8-3-5-15-6-4-8/h1-6H,7,14H2,(H,16,19)(H,17,18). The highest BCUT2D eigenvalue weighted by molar-refractivity contribution is 6.33. The van der Waals surface area contributed by atoms with Crippen LogP contribution in [0.4, 0.5) is 5.82 Å². The van der Waals surface area contributed by atoms with Gasteiger partial charge in [-0.1, -0.05) is 11.6 Å². The summed E-state index contributed by atoms with van der Waals surface area (Å²) in [4.78, 5) is 19.9. The highest BCUT2D eigenvalue weighted by Gasteiger charge is 2.12. The van der Waals surface area contributed by atoms with Crippen LogP contribution in [0.5, 0.6) is 0 Å². The fourth-order valence-electron chi connectivity index (χ4n) is 1.45. The van der Waals surface area contributed by atoms with E-state index in [1.807, 2.05) is 12.1 Å². The van der Waals surface area contributed by atoms with Gasteiger partial charge in [-0.15, -0.1) is 0 Å². The lowest BCUT2D eigenvalue weighted by Gasteiger charge is -2.07. The number of halogens is 1. The zero-order chi connectivity index (χ0) is 13.7. The number of carbonyl (C=O) groups is 1. The summed E-state index contributed by atoms with van der Waals surface area (Å²) in [6.45, 7) is 0.375. The van der Waals surface area contributed by atoms with E-state index in [4.69, 9.17) is 17.4 Å². The number of rotatable bonds is 4. The third-order valence-corrected chi connectivity index (χ3v) is 2.72. The molecule has 0 aromatic carbocycles. The maximum atomic E-state index is 12.0. The van der Waals surface area contributed by atoms with Gasteiger partial charge in [0.1, 0.15) is 11.5 Å². The van der Waals surface area contributed by atoms with Gasteiger partial charge in [-0.05, 0) is 29.8 Å². The maximum Gasteiger partial charge on any atom is 0.271 e. The van der Waals surface area contributed by atoms with Crippen LogP contribution in [-0.2, 0) is 6.54 Å². The van der Waals surface area contributed by atoms with Gasteiger partial charge in [0.2, 0.25) is 0 Å². The molecule has 2 aromatic heterocycles. The number of hydrogen-bond acceptors (Lipinski definition) is 5. The normalized spacial score (nSPS) is 10.0. The molecule has 0 radical (unpaired) electrons. The Morgan fingerprint density at radius 3 is 2.68 bits per heavy atom. The van der Waals surface area contributed by atoms with E-state index in [9.17, 15) is 4.79 Å². The Bertz CT molecular complexity index is 576. The van der Waals surface area contributed by atoms with Gasteiger partial charge in [0.15, 0.2) is 0 Å². The minimum atomic E-state index is -0.362. The summed E-state index contributed by atoms with van der Waals surface area (Å²) in [5.74, 6) is 5.25. The predicted octanol–water partition coefficient (Wildman–Crippen LogP) is 1.35. The summed E-state index contributed by atoms with van der Waals surface area (Å²) in [5.41, 5.74) is 3.43. The third kappa shape index (κ3) is 3.40. The summed E-state index contributed by atoms with van der Waals surface area (Å²) in [5, 5.41) is 2.99. The van der Waals surface area contributed by atoms with Gasteiger partial charge in [-0.3, -0.25) is 9.78 Å². The second-order valence-electron chi connectivity index (χ2n) is 3.71. The molecule has 2 heterocycles. The van der Waals surface area contributed by atoms with E-state index < -0.39 is 0 Å². The lowest BCUT2D eigenvalue weighted by atomic mass is 10.2. The number of hydrazine groups is 1. The summed E-state index contributed by atoms with van der Waals surface area (Å²) in [6, 6.07) is 6.77. The minimum Gasteiger partial charge on any atom is -0.347 e. The molecule has 2 aromatic rings. The van der Waals surface area contributed by atoms with Crippen molar-refractivity contribution in [3.63, 3.8) is 0 Å². The van der Waals surface area contributed by atoms with Crippen molar-refractivity contribution < 1.29 is 4.79 Å². The molecule has 98 valence electrons. The lowest BCUT2D eigenvalue weighted by molar-refractivity contribution is 0.0946. The molecule has 0 saturated heterocycles. The molecule has 0 unspecified atom stereocenters.